The van der Waals surface area contributed by atoms with Crippen LogP contribution in [0.15, 0.2) is 35.7 Å². The molecule has 1 aliphatic carbocycles. The van der Waals surface area contributed by atoms with E-state index in [1.165, 1.54) is 17.5 Å². The Hall–Kier alpha value is -2.07. The fraction of sp³-hybridized carbons (Fsp3) is 0.235. The first-order valence-electron chi connectivity index (χ1n) is 7.18. The van der Waals surface area contributed by atoms with Crippen molar-refractivity contribution >= 4 is 33.1 Å². The highest BCUT2D eigenvalue weighted by molar-refractivity contribution is 7.17. The highest BCUT2D eigenvalue weighted by atomic mass is 32.1. The maximum atomic E-state index is 12.5. The number of anilines is 1. The standard InChI is InChI=1S/C17H16N2OS/c1-19-14-7-8-21-16(14)10-15(19)17(20)18-13-6-5-11-3-2-4-12(11)9-13/h5-10H,2-4H2,1H3,(H,18,20). The van der Waals surface area contributed by atoms with Crippen molar-refractivity contribution in [3.63, 3.8) is 0 Å². The smallest absolute Gasteiger partial charge is 0.272 e. The Bertz CT molecular complexity index is 844. The van der Waals surface area contributed by atoms with Gasteiger partial charge in [-0.2, -0.15) is 0 Å². The lowest BCUT2D eigenvalue weighted by Crippen LogP contribution is -2.15. The number of amides is 1. The number of thiophene rings is 1. The number of fused-ring (bicyclic) bond motifs is 2. The second-order valence-electron chi connectivity index (χ2n) is 5.55. The van der Waals surface area contributed by atoms with E-state index in [9.17, 15) is 4.79 Å². The molecule has 0 spiro atoms. The summed E-state index contributed by atoms with van der Waals surface area (Å²) in [6, 6.07) is 10.3. The summed E-state index contributed by atoms with van der Waals surface area (Å²) in [6.07, 6.45) is 3.51. The second kappa shape index (κ2) is 4.74. The van der Waals surface area contributed by atoms with Crippen molar-refractivity contribution in [1.29, 1.82) is 0 Å². The zero-order valence-corrected chi connectivity index (χ0v) is 12.7. The van der Waals surface area contributed by atoms with Gasteiger partial charge >= 0.3 is 0 Å². The molecule has 4 heteroatoms. The SMILES string of the molecule is Cn1c(C(=O)Nc2ccc3c(c2)CCC3)cc2sccc21. The van der Waals surface area contributed by atoms with E-state index in [2.05, 4.69) is 17.4 Å². The fourth-order valence-corrected chi connectivity index (χ4v) is 3.96. The highest BCUT2D eigenvalue weighted by Crippen LogP contribution is 2.27. The van der Waals surface area contributed by atoms with E-state index in [1.54, 1.807) is 11.3 Å². The summed E-state index contributed by atoms with van der Waals surface area (Å²) in [6.45, 7) is 0. The Labute approximate surface area is 127 Å². The molecular weight excluding hydrogens is 280 g/mol. The number of hydrogen-bond donors (Lipinski definition) is 1. The molecule has 106 valence electrons. The van der Waals surface area contributed by atoms with Crippen LogP contribution in [0.3, 0.4) is 0 Å². The van der Waals surface area contributed by atoms with Gasteiger partial charge in [-0.25, -0.2) is 0 Å². The molecule has 0 unspecified atom stereocenters. The van der Waals surface area contributed by atoms with Gasteiger partial charge in [0.25, 0.3) is 5.91 Å². The lowest BCUT2D eigenvalue weighted by Gasteiger charge is -2.08. The number of hydrogen-bond acceptors (Lipinski definition) is 2. The Morgan fingerprint density at radius 3 is 2.90 bits per heavy atom. The number of nitrogens with zero attached hydrogens (tertiary/aromatic N) is 1. The Balaban J connectivity index is 1.63. The molecule has 1 amide bonds. The van der Waals surface area contributed by atoms with Crippen LogP contribution in [0.4, 0.5) is 5.69 Å². The van der Waals surface area contributed by atoms with E-state index in [4.69, 9.17) is 0 Å². The summed E-state index contributed by atoms with van der Waals surface area (Å²) in [5.41, 5.74) is 5.51. The molecule has 21 heavy (non-hydrogen) atoms. The van der Waals surface area contributed by atoms with Crippen LogP contribution in [0.2, 0.25) is 0 Å². The lowest BCUT2D eigenvalue weighted by molar-refractivity contribution is 0.102. The molecular formula is C17H16N2OS. The van der Waals surface area contributed by atoms with Crippen LogP contribution in [-0.4, -0.2) is 10.5 Å². The van der Waals surface area contributed by atoms with Crippen molar-refractivity contribution in [2.45, 2.75) is 19.3 Å². The minimum Gasteiger partial charge on any atom is -0.339 e. The molecule has 3 aromatic rings. The Kier molecular flexibility index (Phi) is 2.86. The molecule has 0 fully saturated rings. The predicted molar refractivity (Wildman–Crippen MR) is 87.2 cm³/mol. The molecule has 2 aromatic heterocycles. The first kappa shape index (κ1) is 12.7. The molecule has 2 heterocycles. The number of carbonyl (C=O) groups is 1. The van der Waals surface area contributed by atoms with Gasteiger partial charge in [0.1, 0.15) is 5.69 Å². The zero-order chi connectivity index (χ0) is 14.4. The average Bonchev–Trinajstić information content (AvgIpc) is 3.16. The van der Waals surface area contributed by atoms with Crippen molar-refractivity contribution in [2.24, 2.45) is 7.05 Å². The molecule has 0 atom stereocenters. The normalized spacial score (nSPS) is 13.6. The zero-order valence-electron chi connectivity index (χ0n) is 11.8. The minimum absolute atomic E-state index is 0.0427. The van der Waals surface area contributed by atoms with Crippen LogP contribution in [0, 0.1) is 0 Å². The van der Waals surface area contributed by atoms with E-state index in [-0.39, 0.29) is 5.91 Å². The first-order chi connectivity index (χ1) is 10.2. The summed E-state index contributed by atoms with van der Waals surface area (Å²) in [5, 5.41) is 5.07. The largest absolute Gasteiger partial charge is 0.339 e. The molecule has 0 aliphatic heterocycles. The van der Waals surface area contributed by atoms with Gasteiger partial charge in [-0.1, -0.05) is 6.07 Å². The van der Waals surface area contributed by atoms with Crippen molar-refractivity contribution in [3.05, 3.63) is 52.5 Å². The van der Waals surface area contributed by atoms with Gasteiger partial charge < -0.3 is 9.88 Å². The second-order valence-corrected chi connectivity index (χ2v) is 6.50. The lowest BCUT2D eigenvalue weighted by atomic mass is 10.1. The van der Waals surface area contributed by atoms with Crippen LogP contribution in [0.1, 0.15) is 28.0 Å². The molecule has 0 saturated heterocycles. The maximum absolute atomic E-state index is 12.5. The average molecular weight is 296 g/mol. The number of benzene rings is 1. The van der Waals surface area contributed by atoms with Crippen LogP contribution in [-0.2, 0) is 19.9 Å². The van der Waals surface area contributed by atoms with Gasteiger partial charge in [0, 0.05) is 12.7 Å². The quantitative estimate of drug-likeness (QED) is 0.762. The molecule has 0 bridgehead atoms. The first-order valence-corrected chi connectivity index (χ1v) is 8.06. The van der Waals surface area contributed by atoms with Gasteiger partial charge in [-0.15, -0.1) is 11.3 Å². The Morgan fingerprint density at radius 1 is 1.19 bits per heavy atom. The fourth-order valence-electron chi connectivity index (χ4n) is 3.11. The summed E-state index contributed by atoms with van der Waals surface area (Å²) < 4.78 is 3.10. The van der Waals surface area contributed by atoms with E-state index in [0.29, 0.717) is 5.69 Å². The van der Waals surface area contributed by atoms with E-state index < -0.39 is 0 Å². The third kappa shape index (κ3) is 2.07. The summed E-state index contributed by atoms with van der Waals surface area (Å²) in [4.78, 5) is 12.5. The molecule has 3 nitrogen and oxygen atoms in total. The van der Waals surface area contributed by atoms with Gasteiger partial charge in [0.2, 0.25) is 0 Å². The van der Waals surface area contributed by atoms with Crippen LogP contribution >= 0.6 is 11.3 Å². The van der Waals surface area contributed by atoms with Crippen molar-refractivity contribution in [2.75, 3.05) is 5.32 Å². The van der Waals surface area contributed by atoms with Crippen molar-refractivity contribution in [3.8, 4) is 0 Å². The number of aryl methyl sites for hydroxylation is 3. The molecule has 4 rings (SSSR count). The monoisotopic (exact) mass is 296 g/mol. The van der Waals surface area contributed by atoms with E-state index in [1.807, 2.05) is 35.2 Å². The molecule has 1 aliphatic rings. The number of carbonyl (C=O) groups excluding carboxylic acids is 1. The third-order valence-corrected chi connectivity index (χ3v) is 5.11. The van der Waals surface area contributed by atoms with Gasteiger partial charge in [-0.05, 0) is 60.0 Å². The van der Waals surface area contributed by atoms with E-state index >= 15 is 0 Å². The minimum atomic E-state index is -0.0427. The third-order valence-electron chi connectivity index (χ3n) is 4.25. The van der Waals surface area contributed by atoms with E-state index in [0.717, 1.165) is 28.7 Å². The van der Waals surface area contributed by atoms with Crippen LogP contribution in [0.25, 0.3) is 10.2 Å². The molecule has 0 saturated carbocycles. The van der Waals surface area contributed by atoms with Crippen molar-refractivity contribution < 1.29 is 4.79 Å². The topological polar surface area (TPSA) is 34.0 Å². The predicted octanol–water partition coefficient (Wildman–Crippen LogP) is 3.98. The highest BCUT2D eigenvalue weighted by Gasteiger charge is 2.16. The number of rotatable bonds is 2. The maximum Gasteiger partial charge on any atom is 0.272 e. The van der Waals surface area contributed by atoms with Gasteiger partial charge in [-0.3, -0.25) is 4.79 Å². The molecule has 1 N–H and O–H groups in total. The summed E-state index contributed by atoms with van der Waals surface area (Å²) in [5.74, 6) is -0.0427. The Morgan fingerprint density at radius 2 is 2.05 bits per heavy atom. The number of nitrogens with one attached hydrogen (secondary N) is 1. The van der Waals surface area contributed by atoms with Crippen LogP contribution < -0.4 is 5.32 Å². The molecule has 0 radical (unpaired) electrons. The van der Waals surface area contributed by atoms with Crippen molar-refractivity contribution in [1.82, 2.24) is 4.57 Å². The van der Waals surface area contributed by atoms with Gasteiger partial charge in [0.05, 0.1) is 10.2 Å². The number of aromatic nitrogens is 1. The van der Waals surface area contributed by atoms with Gasteiger partial charge in [0.15, 0.2) is 0 Å². The summed E-state index contributed by atoms with van der Waals surface area (Å²) in [7, 11) is 1.94. The summed E-state index contributed by atoms with van der Waals surface area (Å²) >= 11 is 1.66. The van der Waals surface area contributed by atoms with Crippen LogP contribution in [0.5, 0.6) is 0 Å². The molecule has 1 aromatic carbocycles.